The van der Waals surface area contributed by atoms with Gasteiger partial charge in [0.2, 0.25) is 5.89 Å². The lowest BCUT2D eigenvalue weighted by Crippen LogP contribution is -2.13. The molecule has 0 atom stereocenters. The van der Waals surface area contributed by atoms with Gasteiger partial charge in [0.05, 0.1) is 23.3 Å². The first-order valence-electron chi connectivity index (χ1n) is 8.46. The fourth-order valence-electron chi connectivity index (χ4n) is 2.84. The first-order chi connectivity index (χ1) is 14.0. The highest BCUT2D eigenvalue weighted by Gasteiger charge is 2.17. The molecule has 0 aliphatic carbocycles. The number of methoxy groups -OCH3 is 1. The highest BCUT2D eigenvalue weighted by molar-refractivity contribution is 6.33. The number of nitrogens with one attached hydrogen (secondary N) is 1. The van der Waals surface area contributed by atoms with Crippen molar-refractivity contribution in [1.82, 2.24) is 4.98 Å². The molecular formula is C21H13ClF2N2O3. The molecule has 0 fully saturated rings. The maximum absolute atomic E-state index is 13.6. The largest absolute Gasteiger partial charge is 0.496 e. The molecule has 0 bridgehead atoms. The molecule has 1 heterocycles. The molecule has 0 saturated heterocycles. The third-order valence-electron chi connectivity index (χ3n) is 4.24. The SMILES string of the molecule is COc1ccccc1C(=O)Nc1ccc2oc(-c3cc(F)c(F)cc3Cl)nc2c1. The molecule has 1 aromatic heterocycles. The highest BCUT2D eigenvalue weighted by atomic mass is 35.5. The lowest BCUT2D eigenvalue weighted by atomic mass is 10.2. The Bertz CT molecular complexity index is 1240. The molecule has 0 unspecified atom stereocenters. The van der Waals surface area contributed by atoms with Crippen LogP contribution in [0, 0.1) is 11.6 Å². The normalized spacial score (nSPS) is 10.9. The van der Waals surface area contributed by atoms with Gasteiger partial charge in [-0.2, -0.15) is 0 Å². The number of rotatable bonds is 4. The lowest BCUT2D eigenvalue weighted by molar-refractivity contribution is 0.102. The number of anilines is 1. The minimum atomic E-state index is -1.06. The number of amides is 1. The van der Waals surface area contributed by atoms with Gasteiger partial charge < -0.3 is 14.5 Å². The summed E-state index contributed by atoms with van der Waals surface area (Å²) in [4.78, 5) is 16.8. The Morgan fingerprint density at radius 2 is 1.86 bits per heavy atom. The average molecular weight is 415 g/mol. The molecule has 1 N–H and O–H groups in total. The van der Waals surface area contributed by atoms with Crippen molar-refractivity contribution in [1.29, 1.82) is 0 Å². The first kappa shape index (κ1) is 18.9. The quantitative estimate of drug-likeness (QED) is 0.436. The van der Waals surface area contributed by atoms with E-state index in [1.54, 1.807) is 42.5 Å². The monoisotopic (exact) mass is 414 g/mol. The standard InChI is InChI=1S/C21H13ClF2N2O3/c1-28-18-5-3-2-4-12(18)20(27)25-11-6-7-19-17(8-11)26-21(29-19)13-9-15(23)16(24)10-14(13)22/h2-10H,1H3,(H,25,27). The molecule has 0 aliphatic heterocycles. The molecule has 0 saturated carbocycles. The third kappa shape index (κ3) is 3.64. The second-order valence-electron chi connectivity index (χ2n) is 6.10. The van der Waals surface area contributed by atoms with E-state index in [1.807, 2.05) is 0 Å². The van der Waals surface area contributed by atoms with E-state index in [9.17, 15) is 13.6 Å². The van der Waals surface area contributed by atoms with Crippen molar-refractivity contribution in [2.45, 2.75) is 0 Å². The number of carbonyl (C=O) groups excluding carboxylic acids is 1. The molecule has 8 heteroatoms. The predicted molar refractivity (Wildman–Crippen MR) is 105 cm³/mol. The van der Waals surface area contributed by atoms with E-state index < -0.39 is 11.6 Å². The van der Waals surface area contributed by atoms with E-state index >= 15 is 0 Å². The van der Waals surface area contributed by atoms with Gasteiger partial charge in [0.15, 0.2) is 17.2 Å². The predicted octanol–water partition coefficient (Wildman–Crippen LogP) is 5.69. The molecule has 0 radical (unpaired) electrons. The van der Waals surface area contributed by atoms with Crippen LogP contribution in [0.5, 0.6) is 5.75 Å². The number of hydrogen-bond acceptors (Lipinski definition) is 4. The van der Waals surface area contributed by atoms with Crippen LogP contribution in [0.1, 0.15) is 10.4 Å². The molecule has 0 aliphatic rings. The number of oxazole rings is 1. The van der Waals surface area contributed by atoms with Gasteiger partial charge in [-0.25, -0.2) is 13.8 Å². The van der Waals surface area contributed by atoms with Gasteiger partial charge in [-0.15, -0.1) is 0 Å². The van der Waals surface area contributed by atoms with E-state index in [2.05, 4.69) is 10.3 Å². The fraction of sp³-hybridized carbons (Fsp3) is 0.0476. The zero-order valence-electron chi connectivity index (χ0n) is 15.0. The summed E-state index contributed by atoms with van der Waals surface area (Å²) in [6, 6.07) is 13.5. The van der Waals surface area contributed by atoms with Gasteiger partial charge in [0, 0.05) is 5.69 Å². The number of hydrogen-bond donors (Lipinski definition) is 1. The minimum Gasteiger partial charge on any atom is -0.496 e. The molecule has 29 heavy (non-hydrogen) atoms. The Balaban J connectivity index is 1.65. The van der Waals surface area contributed by atoms with Crippen LogP contribution < -0.4 is 10.1 Å². The van der Waals surface area contributed by atoms with Crippen LogP contribution in [-0.4, -0.2) is 18.0 Å². The zero-order valence-corrected chi connectivity index (χ0v) is 15.8. The van der Waals surface area contributed by atoms with Crippen molar-refractivity contribution in [3.05, 3.63) is 76.8 Å². The number of fused-ring (bicyclic) bond motifs is 1. The Morgan fingerprint density at radius 1 is 1.10 bits per heavy atom. The van der Waals surface area contributed by atoms with Gasteiger partial charge in [-0.1, -0.05) is 23.7 Å². The second-order valence-corrected chi connectivity index (χ2v) is 6.51. The van der Waals surface area contributed by atoms with Gasteiger partial charge in [-0.05, 0) is 42.5 Å². The lowest BCUT2D eigenvalue weighted by Gasteiger charge is -2.08. The number of carbonyl (C=O) groups is 1. The van der Waals surface area contributed by atoms with Crippen molar-refractivity contribution in [2.75, 3.05) is 12.4 Å². The fourth-order valence-corrected chi connectivity index (χ4v) is 3.07. The van der Waals surface area contributed by atoms with Crippen molar-refractivity contribution < 1.29 is 22.7 Å². The van der Waals surface area contributed by atoms with E-state index in [4.69, 9.17) is 20.8 Å². The Labute approximate surface area is 168 Å². The van der Waals surface area contributed by atoms with Crippen LogP contribution in [0.3, 0.4) is 0 Å². The number of ether oxygens (including phenoxy) is 1. The van der Waals surface area contributed by atoms with E-state index in [-0.39, 0.29) is 22.4 Å². The summed E-state index contributed by atoms with van der Waals surface area (Å²) in [5.41, 5.74) is 1.80. The summed E-state index contributed by atoms with van der Waals surface area (Å²) in [6.45, 7) is 0. The van der Waals surface area contributed by atoms with E-state index in [0.29, 0.717) is 28.1 Å². The molecule has 0 spiro atoms. The molecule has 1 amide bonds. The first-order valence-corrected chi connectivity index (χ1v) is 8.84. The van der Waals surface area contributed by atoms with Gasteiger partial charge in [-0.3, -0.25) is 4.79 Å². The Kier molecular flexibility index (Phi) is 4.90. The number of benzene rings is 3. The van der Waals surface area contributed by atoms with Crippen molar-refractivity contribution in [3.8, 4) is 17.2 Å². The summed E-state index contributed by atoms with van der Waals surface area (Å²) in [7, 11) is 1.48. The molecule has 4 aromatic rings. The van der Waals surface area contributed by atoms with Crippen LogP contribution in [0.2, 0.25) is 5.02 Å². The molecule has 5 nitrogen and oxygen atoms in total. The van der Waals surface area contributed by atoms with Gasteiger partial charge >= 0.3 is 0 Å². The van der Waals surface area contributed by atoms with Crippen LogP contribution in [0.4, 0.5) is 14.5 Å². The number of para-hydroxylation sites is 1. The number of halogens is 3. The maximum Gasteiger partial charge on any atom is 0.259 e. The molecular weight excluding hydrogens is 402 g/mol. The van der Waals surface area contributed by atoms with Crippen LogP contribution >= 0.6 is 11.6 Å². The zero-order chi connectivity index (χ0) is 20.5. The number of nitrogens with zero attached hydrogens (tertiary/aromatic N) is 1. The molecule has 3 aromatic carbocycles. The summed E-state index contributed by atoms with van der Waals surface area (Å²) < 4.78 is 37.7. The van der Waals surface area contributed by atoms with Crippen molar-refractivity contribution in [3.63, 3.8) is 0 Å². The van der Waals surface area contributed by atoms with Gasteiger partial charge in [0.25, 0.3) is 5.91 Å². The summed E-state index contributed by atoms with van der Waals surface area (Å²) in [5.74, 6) is -1.98. The van der Waals surface area contributed by atoms with Crippen LogP contribution in [-0.2, 0) is 0 Å². The van der Waals surface area contributed by atoms with E-state index in [0.717, 1.165) is 12.1 Å². The highest BCUT2D eigenvalue weighted by Crippen LogP contribution is 2.32. The third-order valence-corrected chi connectivity index (χ3v) is 4.55. The summed E-state index contributed by atoms with van der Waals surface area (Å²) in [5, 5.41) is 2.74. The topological polar surface area (TPSA) is 64.4 Å². The summed E-state index contributed by atoms with van der Waals surface area (Å²) >= 11 is 5.98. The van der Waals surface area contributed by atoms with Gasteiger partial charge in [0.1, 0.15) is 11.3 Å². The van der Waals surface area contributed by atoms with Crippen molar-refractivity contribution >= 4 is 34.3 Å². The molecule has 146 valence electrons. The van der Waals surface area contributed by atoms with Crippen LogP contribution in [0.15, 0.2) is 59.0 Å². The second kappa shape index (κ2) is 7.52. The van der Waals surface area contributed by atoms with Crippen LogP contribution in [0.25, 0.3) is 22.6 Å². The minimum absolute atomic E-state index is 0.0276. The Hall–Kier alpha value is -3.45. The van der Waals surface area contributed by atoms with E-state index in [1.165, 1.54) is 7.11 Å². The average Bonchev–Trinajstić information content (AvgIpc) is 3.13. The van der Waals surface area contributed by atoms with Crippen molar-refractivity contribution in [2.24, 2.45) is 0 Å². The summed E-state index contributed by atoms with van der Waals surface area (Å²) in [6.07, 6.45) is 0. The Morgan fingerprint density at radius 3 is 2.66 bits per heavy atom. The smallest absolute Gasteiger partial charge is 0.259 e. The maximum atomic E-state index is 13.6. The number of aromatic nitrogens is 1. The molecule has 4 rings (SSSR count).